The van der Waals surface area contributed by atoms with E-state index in [0.717, 1.165) is 11.8 Å². The highest BCUT2D eigenvalue weighted by atomic mass is 14.1. The van der Waals surface area contributed by atoms with Crippen LogP contribution in [-0.4, -0.2) is 0 Å². The minimum atomic E-state index is 0.894. The van der Waals surface area contributed by atoms with E-state index in [9.17, 15) is 0 Å². The molecule has 0 saturated heterocycles. The third-order valence-electron chi connectivity index (χ3n) is 5.03. The smallest absolute Gasteiger partial charge is 0.0443 e. The Morgan fingerprint density at radius 2 is 0.818 bits per heavy atom. The van der Waals surface area contributed by atoms with E-state index < -0.39 is 0 Å². The second kappa shape index (κ2) is 17.4. The minimum Gasteiger partial charge on any atom is -0.0654 e. The van der Waals surface area contributed by atoms with Crippen LogP contribution in [0.25, 0.3) is 0 Å². The Hall–Kier alpha value is 0. The number of hydrogen-bond donors (Lipinski definition) is 0. The monoisotopic (exact) mass is 310 g/mol. The summed E-state index contributed by atoms with van der Waals surface area (Å²) in [5.74, 6) is 1.86. The minimum absolute atomic E-state index is 0.894. The van der Waals surface area contributed by atoms with Crippen molar-refractivity contribution in [3.63, 3.8) is 0 Å². The first-order valence-corrected chi connectivity index (χ1v) is 10.7. The molecule has 0 aliphatic carbocycles. The molecule has 22 heavy (non-hydrogen) atoms. The fourth-order valence-electron chi connectivity index (χ4n) is 3.35. The zero-order valence-electron chi connectivity index (χ0n) is 16.5. The predicted molar refractivity (Wildman–Crippen MR) is 104 cm³/mol. The van der Waals surface area contributed by atoms with Gasteiger partial charge in [-0.1, -0.05) is 130 Å². The van der Waals surface area contributed by atoms with Crippen molar-refractivity contribution in [2.45, 2.75) is 130 Å². The van der Waals surface area contributed by atoms with Crippen LogP contribution < -0.4 is 0 Å². The lowest BCUT2D eigenvalue weighted by atomic mass is 9.95. The molecular formula is C22H46. The standard InChI is InChI=1S/C22H46/c1-5-6-7-8-9-10-11-12-16-19-22(4)20-17-14-13-15-18-21(2)3/h21-22H,5-20H2,1-4H3. The van der Waals surface area contributed by atoms with Crippen LogP contribution in [0.3, 0.4) is 0 Å². The molecule has 0 aromatic carbocycles. The van der Waals surface area contributed by atoms with Crippen LogP contribution in [0, 0.1) is 11.8 Å². The molecule has 0 amide bonds. The van der Waals surface area contributed by atoms with Gasteiger partial charge >= 0.3 is 0 Å². The van der Waals surface area contributed by atoms with Crippen LogP contribution in [0.4, 0.5) is 0 Å². The number of hydrogen-bond acceptors (Lipinski definition) is 0. The Balaban J connectivity index is 3.14. The van der Waals surface area contributed by atoms with E-state index in [1.807, 2.05) is 0 Å². The fourth-order valence-corrected chi connectivity index (χ4v) is 3.35. The summed E-state index contributed by atoms with van der Waals surface area (Å²) < 4.78 is 0. The SMILES string of the molecule is CCCCCCCCCCCC(C)CCCCCCC(C)C. The molecule has 0 aromatic heterocycles. The summed E-state index contributed by atoms with van der Waals surface area (Å²) in [5, 5.41) is 0. The van der Waals surface area contributed by atoms with Crippen LogP contribution in [0.1, 0.15) is 130 Å². The molecule has 1 atom stereocenters. The topological polar surface area (TPSA) is 0 Å². The average molecular weight is 311 g/mol. The third-order valence-corrected chi connectivity index (χ3v) is 5.03. The highest BCUT2D eigenvalue weighted by Crippen LogP contribution is 2.19. The Morgan fingerprint density at radius 1 is 0.455 bits per heavy atom. The van der Waals surface area contributed by atoms with Crippen molar-refractivity contribution in [1.29, 1.82) is 0 Å². The van der Waals surface area contributed by atoms with Gasteiger partial charge in [-0.2, -0.15) is 0 Å². The molecule has 1 unspecified atom stereocenters. The van der Waals surface area contributed by atoms with Crippen molar-refractivity contribution in [3.8, 4) is 0 Å². The Bertz CT molecular complexity index is 194. The van der Waals surface area contributed by atoms with Crippen molar-refractivity contribution in [1.82, 2.24) is 0 Å². The van der Waals surface area contributed by atoms with E-state index in [2.05, 4.69) is 27.7 Å². The van der Waals surface area contributed by atoms with E-state index in [4.69, 9.17) is 0 Å². The zero-order valence-corrected chi connectivity index (χ0v) is 16.5. The summed E-state index contributed by atoms with van der Waals surface area (Å²) in [6.45, 7) is 9.45. The molecule has 0 aromatic rings. The van der Waals surface area contributed by atoms with Gasteiger partial charge in [-0.25, -0.2) is 0 Å². The maximum absolute atomic E-state index is 2.47. The zero-order chi connectivity index (χ0) is 16.5. The first kappa shape index (κ1) is 22.0. The van der Waals surface area contributed by atoms with Gasteiger partial charge in [0.05, 0.1) is 0 Å². The van der Waals surface area contributed by atoms with Gasteiger partial charge in [0.1, 0.15) is 0 Å². The van der Waals surface area contributed by atoms with Crippen molar-refractivity contribution < 1.29 is 0 Å². The number of rotatable bonds is 17. The van der Waals surface area contributed by atoms with Crippen LogP contribution in [0.5, 0.6) is 0 Å². The predicted octanol–water partition coefficient (Wildman–Crippen LogP) is 8.54. The van der Waals surface area contributed by atoms with Gasteiger partial charge in [-0.15, -0.1) is 0 Å². The highest BCUT2D eigenvalue weighted by molar-refractivity contribution is 4.56. The molecule has 0 N–H and O–H groups in total. The molecule has 0 aliphatic rings. The van der Waals surface area contributed by atoms with Crippen molar-refractivity contribution in [2.75, 3.05) is 0 Å². The van der Waals surface area contributed by atoms with E-state index in [1.165, 1.54) is 103 Å². The second-order valence-electron chi connectivity index (χ2n) is 8.11. The van der Waals surface area contributed by atoms with Gasteiger partial charge in [-0.05, 0) is 11.8 Å². The molecule has 0 heterocycles. The van der Waals surface area contributed by atoms with Crippen LogP contribution in [0.2, 0.25) is 0 Å². The van der Waals surface area contributed by atoms with E-state index in [1.54, 1.807) is 0 Å². The number of unbranched alkanes of at least 4 members (excludes halogenated alkanes) is 11. The Morgan fingerprint density at radius 3 is 1.23 bits per heavy atom. The Labute approximate surface area is 142 Å². The highest BCUT2D eigenvalue weighted by Gasteiger charge is 2.02. The second-order valence-corrected chi connectivity index (χ2v) is 8.11. The van der Waals surface area contributed by atoms with Gasteiger partial charge in [0.2, 0.25) is 0 Å². The van der Waals surface area contributed by atoms with Gasteiger partial charge in [-0.3, -0.25) is 0 Å². The molecule has 0 rings (SSSR count). The van der Waals surface area contributed by atoms with Gasteiger partial charge < -0.3 is 0 Å². The summed E-state index contributed by atoms with van der Waals surface area (Å²) in [6, 6.07) is 0. The first-order valence-electron chi connectivity index (χ1n) is 10.7. The van der Waals surface area contributed by atoms with Gasteiger partial charge in [0.15, 0.2) is 0 Å². The maximum Gasteiger partial charge on any atom is -0.0443 e. The normalized spacial score (nSPS) is 13.0. The quantitative estimate of drug-likeness (QED) is 0.236. The van der Waals surface area contributed by atoms with Gasteiger partial charge in [0, 0.05) is 0 Å². The molecule has 0 fully saturated rings. The van der Waals surface area contributed by atoms with Gasteiger partial charge in [0.25, 0.3) is 0 Å². The first-order chi connectivity index (χ1) is 10.7. The molecule has 0 saturated carbocycles. The van der Waals surface area contributed by atoms with E-state index >= 15 is 0 Å². The fraction of sp³-hybridized carbons (Fsp3) is 1.00. The molecule has 134 valence electrons. The average Bonchev–Trinajstić information content (AvgIpc) is 2.48. The van der Waals surface area contributed by atoms with Crippen molar-refractivity contribution in [3.05, 3.63) is 0 Å². The molecule has 0 heteroatoms. The van der Waals surface area contributed by atoms with Crippen LogP contribution in [0.15, 0.2) is 0 Å². The summed E-state index contributed by atoms with van der Waals surface area (Å²) in [5.41, 5.74) is 0. The lowest BCUT2D eigenvalue weighted by molar-refractivity contribution is 0.427. The summed E-state index contributed by atoms with van der Waals surface area (Å²) in [4.78, 5) is 0. The molecule has 0 aliphatic heterocycles. The summed E-state index contributed by atoms with van der Waals surface area (Å²) in [7, 11) is 0. The van der Waals surface area contributed by atoms with Crippen molar-refractivity contribution in [2.24, 2.45) is 11.8 Å². The molecule has 0 spiro atoms. The lowest BCUT2D eigenvalue weighted by Gasteiger charge is -2.11. The molecule has 0 nitrogen and oxygen atoms in total. The molecular weight excluding hydrogens is 264 g/mol. The summed E-state index contributed by atoms with van der Waals surface area (Å²) >= 11 is 0. The Kier molecular flexibility index (Phi) is 17.4. The third kappa shape index (κ3) is 18.1. The summed E-state index contributed by atoms with van der Waals surface area (Å²) in [6.07, 6.45) is 23.4. The molecule has 0 radical (unpaired) electrons. The van der Waals surface area contributed by atoms with E-state index in [-0.39, 0.29) is 0 Å². The van der Waals surface area contributed by atoms with Crippen LogP contribution in [-0.2, 0) is 0 Å². The maximum atomic E-state index is 2.47. The van der Waals surface area contributed by atoms with Crippen LogP contribution >= 0.6 is 0 Å². The lowest BCUT2D eigenvalue weighted by Crippen LogP contribution is -1.95. The molecule has 0 bridgehead atoms. The van der Waals surface area contributed by atoms with Crippen molar-refractivity contribution >= 4 is 0 Å². The van der Waals surface area contributed by atoms with E-state index in [0.29, 0.717) is 0 Å². The largest absolute Gasteiger partial charge is 0.0654 e.